The predicted octanol–water partition coefficient (Wildman–Crippen LogP) is 1.58. The van der Waals surface area contributed by atoms with Gasteiger partial charge >= 0.3 is 0 Å². The third-order valence-corrected chi connectivity index (χ3v) is 4.42. The van der Waals surface area contributed by atoms with E-state index < -0.39 is 0 Å². The molecule has 1 aliphatic heterocycles. The first-order chi connectivity index (χ1) is 13.5. The van der Waals surface area contributed by atoms with E-state index in [2.05, 4.69) is 16.8 Å². The maximum atomic E-state index is 12.9. The molecule has 1 saturated heterocycles. The Bertz CT molecular complexity index is 881. The lowest BCUT2D eigenvalue weighted by atomic mass is 10.2. The third-order valence-electron chi connectivity index (χ3n) is 4.42. The molecule has 0 spiro atoms. The van der Waals surface area contributed by atoms with E-state index in [9.17, 15) is 9.59 Å². The Morgan fingerprint density at radius 1 is 1.14 bits per heavy atom. The van der Waals surface area contributed by atoms with Crippen LogP contribution in [0.5, 0.6) is 0 Å². The zero-order valence-corrected chi connectivity index (χ0v) is 16.2. The zero-order valence-electron chi connectivity index (χ0n) is 16.2. The van der Waals surface area contributed by atoms with Crippen LogP contribution < -0.4 is 0 Å². The summed E-state index contributed by atoms with van der Waals surface area (Å²) in [5.74, 6) is 6.18. The number of carbonyl (C=O) groups excluding carboxylic acids is 2. The highest BCUT2D eigenvalue weighted by Gasteiger charge is 2.24. The van der Waals surface area contributed by atoms with Gasteiger partial charge in [-0.2, -0.15) is 0 Å². The Morgan fingerprint density at radius 2 is 1.89 bits per heavy atom. The lowest BCUT2D eigenvalue weighted by molar-refractivity contribution is 0.0700. The predicted molar refractivity (Wildman–Crippen MR) is 105 cm³/mol. The van der Waals surface area contributed by atoms with E-state index in [0.717, 1.165) is 5.56 Å². The molecule has 146 valence electrons. The highest BCUT2D eigenvalue weighted by Crippen LogP contribution is 2.13. The highest BCUT2D eigenvalue weighted by atomic mass is 16.3. The molecule has 0 saturated carbocycles. The second-order valence-corrected chi connectivity index (χ2v) is 6.92. The van der Waals surface area contributed by atoms with Crippen LogP contribution in [0.4, 0.5) is 0 Å². The maximum absolute atomic E-state index is 12.9. The molecule has 1 fully saturated rings. The topological polar surface area (TPSA) is 69.9 Å². The Kier molecular flexibility index (Phi) is 6.45. The molecule has 0 aromatic carbocycles. The second-order valence-electron chi connectivity index (χ2n) is 6.92. The molecule has 0 unspecified atom stereocenters. The van der Waals surface area contributed by atoms with E-state index >= 15 is 0 Å². The number of hydrogen-bond donors (Lipinski definition) is 0. The Balaban J connectivity index is 1.64. The van der Waals surface area contributed by atoms with Gasteiger partial charge in [0.1, 0.15) is 0 Å². The zero-order chi connectivity index (χ0) is 19.9. The van der Waals surface area contributed by atoms with Gasteiger partial charge in [-0.1, -0.05) is 11.8 Å². The minimum Gasteiger partial charge on any atom is -0.459 e. The molecule has 0 N–H and O–H groups in total. The van der Waals surface area contributed by atoms with Crippen molar-refractivity contribution in [2.45, 2.75) is 6.42 Å². The molecular weight excluding hydrogens is 356 g/mol. The molecule has 0 aliphatic carbocycles. The number of aromatic nitrogens is 1. The monoisotopic (exact) mass is 380 g/mol. The van der Waals surface area contributed by atoms with Gasteiger partial charge in [0, 0.05) is 44.1 Å². The molecule has 0 radical (unpaired) electrons. The van der Waals surface area contributed by atoms with Crippen LogP contribution in [0.2, 0.25) is 0 Å². The average molecular weight is 380 g/mol. The van der Waals surface area contributed by atoms with Crippen LogP contribution in [-0.4, -0.2) is 78.3 Å². The van der Waals surface area contributed by atoms with Gasteiger partial charge in [-0.05, 0) is 38.7 Å². The smallest absolute Gasteiger partial charge is 0.289 e. The van der Waals surface area contributed by atoms with Crippen molar-refractivity contribution in [1.82, 2.24) is 19.7 Å². The summed E-state index contributed by atoms with van der Waals surface area (Å²) in [5, 5.41) is 0. The molecule has 1 aliphatic rings. The summed E-state index contributed by atoms with van der Waals surface area (Å²) in [7, 11) is 3.90. The van der Waals surface area contributed by atoms with Crippen LogP contribution in [0.1, 0.15) is 32.9 Å². The van der Waals surface area contributed by atoms with Gasteiger partial charge in [0.25, 0.3) is 11.8 Å². The second kappa shape index (κ2) is 9.20. The molecule has 3 rings (SSSR count). The van der Waals surface area contributed by atoms with Crippen LogP contribution in [0.25, 0.3) is 0 Å². The largest absolute Gasteiger partial charge is 0.459 e. The Hall–Kier alpha value is -3.11. The standard InChI is InChI=1S/C21H24N4O3/c1-23(2)8-3-6-17-14-18(16-22-15-17)20(26)24-9-5-10-25(12-11-24)21(27)19-7-4-13-28-19/h4,7,13-16H,5,8-12H2,1-2H3. The summed E-state index contributed by atoms with van der Waals surface area (Å²) in [6.45, 7) is 2.78. The van der Waals surface area contributed by atoms with Crippen molar-refractivity contribution >= 4 is 11.8 Å². The summed E-state index contributed by atoms with van der Waals surface area (Å²) in [6, 6.07) is 5.13. The molecule has 28 heavy (non-hydrogen) atoms. The van der Waals surface area contributed by atoms with Crippen LogP contribution >= 0.6 is 0 Å². The van der Waals surface area contributed by atoms with Gasteiger partial charge in [-0.15, -0.1) is 0 Å². The number of hydrogen-bond acceptors (Lipinski definition) is 5. The van der Waals surface area contributed by atoms with Gasteiger partial charge < -0.3 is 14.2 Å². The van der Waals surface area contributed by atoms with Gasteiger partial charge in [-0.3, -0.25) is 19.5 Å². The molecule has 7 nitrogen and oxygen atoms in total. The summed E-state index contributed by atoms with van der Waals surface area (Å²) >= 11 is 0. The Labute approximate surface area is 164 Å². The molecule has 2 amide bonds. The van der Waals surface area contributed by atoms with E-state index in [4.69, 9.17) is 4.42 Å². The molecule has 0 atom stereocenters. The molecule has 2 aromatic heterocycles. The number of furan rings is 1. The lowest BCUT2D eigenvalue weighted by Crippen LogP contribution is -2.37. The van der Waals surface area contributed by atoms with Gasteiger partial charge in [0.05, 0.1) is 18.4 Å². The number of nitrogens with zero attached hydrogens (tertiary/aromatic N) is 4. The van der Waals surface area contributed by atoms with Gasteiger partial charge in [-0.25, -0.2) is 0 Å². The van der Waals surface area contributed by atoms with Crippen LogP contribution in [0.3, 0.4) is 0 Å². The normalized spacial score (nSPS) is 14.4. The fourth-order valence-electron chi connectivity index (χ4n) is 2.99. The van der Waals surface area contributed by atoms with Crippen LogP contribution in [-0.2, 0) is 0 Å². The minimum atomic E-state index is -0.140. The summed E-state index contributed by atoms with van der Waals surface area (Å²) in [5.41, 5.74) is 1.24. The lowest BCUT2D eigenvalue weighted by Gasteiger charge is -2.21. The van der Waals surface area contributed by atoms with E-state index in [1.54, 1.807) is 40.4 Å². The third kappa shape index (κ3) is 4.99. The molecule has 3 heterocycles. The van der Waals surface area contributed by atoms with Crippen molar-refractivity contribution in [1.29, 1.82) is 0 Å². The maximum Gasteiger partial charge on any atom is 0.289 e. The SMILES string of the molecule is CN(C)CC#Cc1cncc(C(=O)N2CCCN(C(=O)c3ccco3)CC2)c1. The first-order valence-corrected chi connectivity index (χ1v) is 9.25. The van der Waals surface area contributed by atoms with Gasteiger partial charge in [0.15, 0.2) is 5.76 Å². The molecular formula is C21H24N4O3. The number of amides is 2. The van der Waals surface area contributed by atoms with E-state index in [-0.39, 0.29) is 11.8 Å². The fourth-order valence-corrected chi connectivity index (χ4v) is 2.99. The first-order valence-electron chi connectivity index (χ1n) is 9.25. The van der Waals surface area contributed by atoms with Gasteiger partial charge in [0.2, 0.25) is 0 Å². The van der Waals surface area contributed by atoms with E-state index in [1.165, 1.54) is 6.26 Å². The van der Waals surface area contributed by atoms with Crippen molar-refractivity contribution in [3.05, 3.63) is 53.7 Å². The summed E-state index contributed by atoms with van der Waals surface area (Å²) < 4.78 is 5.20. The van der Waals surface area contributed by atoms with Crippen LogP contribution in [0, 0.1) is 11.8 Å². The molecule has 0 bridgehead atoms. The van der Waals surface area contributed by atoms with E-state index in [0.29, 0.717) is 50.5 Å². The number of carbonyl (C=O) groups is 2. The average Bonchev–Trinajstić information content (AvgIpc) is 3.11. The molecule has 7 heteroatoms. The fraction of sp³-hybridized carbons (Fsp3) is 0.381. The summed E-state index contributed by atoms with van der Waals surface area (Å²) in [6.07, 6.45) is 5.43. The van der Waals surface area contributed by atoms with Crippen molar-refractivity contribution in [3.8, 4) is 11.8 Å². The summed E-state index contributed by atoms with van der Waals surface area (Å²) in [4.78, 5) is 35.0. The molecule has 2 aromatic rings. The quantitative estimate of drug-likeness (QED) is 0.756. The van der Waals surface area contributed by atoms with Crippen LogP contribution in [0.15, 0.2) is 41.3 Å². The van der Waals surface area contributed by atoms with Crippen molar-refractivity contribution in [2.24, 2.45) is 0 Å². The van der Waals surface area contributed by atoms with Crippen molar-refractivity contribution in [3.63, 3.8) is 0 Å². The minimum absolute atomic E-state index is 0.0870. The highest BCUT2D eigenvalue weighted by molar-refractivity contribution is 5.94. The first kappa shape index (κ1) is 19.6. The number of rotatable bonds is 3. The number of pyridine rings is 1. The Morgan fingerprint density at radius 3 is 2.57 bits per heavy atom. The van der Waals surface area contributed by atoms with Crippen molar-refractivity contribution in [2.75, 3.05) is 46.8 Å². The van der Waals surface area contributed by atoms with E-state index in [1.807, 2.05) is 19.0 Å². The van der Waals surface area contributed by atoms with Crippen molar-refractivity contribution < 1.29 is 14.0 Å².